The minimum atomic E-state index is 1.05. The van der Waals surface area contributed by atoms with Crippen LogP contribution in [0.4, 0.5) is 0 Å². The second kappa shape index (κ2) is 8.53. The molecule has 0 fully saturated rings. The van der Waals surface area contributed by atoms with Crippen molar-refractivity contribution < 1.29 is 0 Å². The zero-order chi connectivity index (χ0) is 16.7. The van der Waals surface area contributed by atoms with Crippen LogP contribution in [-0.2, 0) is 12.8 Å². The van der Waals surface area contributed by atoms with E-state index in [1.807, 2.05) is 12.2 Å². The van der Waals surface area contributed by atoms with Crippen LogP contribution in [0.2, 0.25) is 0 Å². The Morgan fingerprint density at radius 2 is 1.35 bits per heavy atom. The number of hydrogen-bond donors (Lipinski definition) is 0. The largest absolute Gasteiger partial charge is 0.0984 e. The van der Waals surface area contributed by atoms with Gasteiger partial charge in [0.15, 0.2) is 0 Å². The highest BCUT2D eigenvalue weighted by Crippen LogP contribution is 2.30. The van der Waals surface area contributed by atoms with E-state index < -0.39 is 0 Å². The van der Waals surface area contributed by atoms with E-state index >= 15 is 0 Å². The third kappa shape index (κ3) is 4.22. The molecule has 2 aromatic rings. The zero-order valence-electron chi connectivity index (χ0n) is 14.6. The Bertz CT molecular complexity index is 676. The highest BCUT2D eigenvalue weighted by atomic mass is 14.1. The summed E-state index contributed by atoms with van der Waals surface area (Å²) in [5, 5.41) is 0. The molecule has 0 aromatic heterocycles. The summed E-state index contributed by atoms with van der Waals surface area (Å²) in [7, 11) is 0. The topological polar surface area (TPSA) is 0 Å². The van der Waals surface area contributed by atoms with Gasteiger partial charge in [-0.25, -0.2) is 0 Å². The van der Waals surface area contributed by atoms with Crippen LogP contribution in [0.1, 0.15) is 55.4 Å². The Hall–Kier alpha value is -2.08. The van der Waals surface area contributed by atoms with Crippen LogP contribution in [0.3, 0.4) is 0 Å². The quantitative estimate of drug-likeness (QED) is 0.464. The first-order chi connectivity index (χ1) is 11.2. The minimum Gasteiger partial charge on any atom is -0.0984 e. The van der Waals surface area contributed by atoms with E-state index in [1.54, 1.807) is 0 Å². The third-order valence-electron chi connectivity index (χ3n) is 4.44. The van der Waals surface area contributed by atoms with Gasteiger partial charge in [0, 0.05) is 0 Å². The van der Waals surface area contributed by atoms with Crippen LogP contribution >= 0.6 is 0 Å². The summed E-state index contributed by atoms with van der Waals surface area (Å²) in [6, 6.07) is 13.5. The molecular weight excluding hydrogens is 276 g/mol. The monoisotopic (exact) mass is 304 g/mol. The maximum atomic E-state index is 4.02. The van der Waals surface area contributed by atoms with Crippen molar-refractivity contribution in [3.63, 3.8) is 0 Å². The maximum absolute atomic E-state index is 4.02. The fourth-order valence-electron chi connectivity index (χ4n) is 3.01. The smallest absolute Gasteiger partial charge is 0.0105 e. The second-order valence-corrected chi connectivity index (χ2v) is 6.06. The van der Waals surface area contributed by atoms with Gasteiger partial charge in [-0.15, -0.1) is 0 Å². The van der Waals surface area contributed by atoms with E-state index in [1.165, 1.54) is 52.6 Å². The summed E-state index contributed by atoms with van der Waals surface area (Å²) in [4.78, 5) is 0. The van der Waals surface area contributed by atoms with Gasteiger partial charge in [0.2, 0.25) is 0 Å². The molecule has 0 aliphatic carbocycles. The van der Waals surface area contributed by atoms with Crippen molar-refractivity contribution in [2.45, 2.75) is 46.0 Å². The SMILES string of the molecule is C=Cc1cc(CC)ccc1-c1ccc(CCCCC)cc1C=C. The minimum absolute atomic E-state index is 1.05. The van der Waals surface area contributed by atoms with Gasteiger partial charge in [-0.2, -0.15) is 0 Å². The van der Waals surface area contributed by atoms with Crippen LogP contribution < -0.4 is 0 Å². The van der Waals surface area contributed by atoms with Crippen molar-refractivity contribution in [3.05, 3.63) is 71.8 Å². The lowest BCUT2D eigenvalue weighted by atomic mass is 9.91. The van der Waals surface area contributed by atoms with E-state index in [9.17, 15) is 0 Å². The van der Waals surface area contributed by atoms with Crippen molar-refractivity contribution in [1.82, 2.24) is 0 Å². The fourth-order valence-corrected chi connectivity index (χ4v) is 3.01. The molecule has 0 amide bonds. The number of aryl methyl sites for hydroxylation is 2. The summed E-state index contributed by atoms with van der Waals surface area (Å²) < 4.78 is 0. The Morgan fingerprint density at radius 3 is 1.87 bits per heavy atom. The molecule has 0 saturated carbocycles. The van der Waals surface area contributed by atoms with E-state index in [0.717, 1.165) is 12.8 Å². The predicted octanol–water partition coefficient (Wildman–Crippen LogP) is 6.93. The molecule has 0 radical (unpaired) electrons. The standard InChI is InChI=1S/C23H28/c1-5-9-10-11-19-13-15-23(21(8-4)17-19)22-14-12-18(6-2)16-20(22)7-3/h7-8,12-17H,3-6,9-11H2,1-2H3. The van der Waals surface area contributed by atoms with Gasteiger partial charge in [0.1, 0.15) is 0 Å². The van der Waals surface area contributed by atoms with Crippen molar-refractivity contribution in [2.24, 2.45) is 0 Å². The lowest BCUT2D eigenvalue weighted by Crippen LogP contribution is -1.92. The Labute approximate surface area is 141 Å². The van der Waals surface area contributed by atoms with Crippen LogP contribution in [0.5, 0.6) is 0 Å². The molecule has 120 valence electrons. The average molecular weight is 304 g/mol. The second-order valence-electron chi connectivity index (χ2n) is 6.06. The summed E-state index contributed by atoms with van der Waals surface area (Å²) in [5.74, 6) is 0. The van der Waals surface area contributed by atoms with Crippen LogP contribution in [0.25, 0.3) is 23.3 Å². The molecule has 0 unspecified atom stereocenters. The van der Waals surface area contributed by atoms with Gasteiger partial charge in [-0.3, -0.25) is 0 Å². The number of unbranched alkanes of at least 4 members (excludes halogenated alkanes) is 2. The van der Waals surface area contributed by atoms with Crippen molar-refractivity contribution in [2.75, 3.05) is 0 Å². The maximum Gasteiger partial charge on any atom is -0.0105 e. The van der Waals surface area contributed by atoms with Crippen molar-refractivity contribution in [3.8, 4) is 11.1 Å². The van der Waals surface area contributed by atoms with Gasteiger partial charge >= 0.3 is 0 Å². The van der Waals surface area contributed by atoms with Gasteiger partial charge in [0.25, 0.3) is 0 Å². The Balaban J connectivity index is 2.39. The molecule has 0 heteroatoms. The Morgan fingerprint density at radius 1 is 0.783 bits per heavy atom. The van der Waals surface area contributed by atoms with Gasteiger partial charge < -0.3 is 0 Å². The first-order valence-electron chi connectivity index (χ1n) is 8.74. The van der Waals surface area contributed by atoms with Crippen LogP contribution in [0.15, 0.2) is 49.6 Å². The van der Waals surface area contributed by atoms with Crippen molar-refractivity contribution >= 4 is 12.2 Å². The van der Waals surface area contributed by atoms with Gasteiger partial charge in [0.05, 0.1) is 0 Å². The number of rotatable bonds is 8. The molecule has 2 rings (SSSR count). The molecule has 0 N–H and O–H groups in total. The fraction of sp³-hybridized carbons (Fsp3) is 0.304. The molecule has 0 nitrogen and oxygen atoms in total. The van der Waals surface area contributed by atoms with E-state index in [-0.39, 0.29) is 0 Å². The highest BCUT2D eigenvalue weighted by Gasteiger charge is 2.08. The summed E-state index contributed by atoms with van der Waals surface area (Å²) in [5.41, 5.74) is 7.66. The lowest BCUT2D eigenvalue weighted by molar-refractivity contribution is 0.717. The third-order valence-corrected chi connectivity index (χ3v) is 4.44. The van der Waals surface area contributed by atoms with E-state index in [2.05, 4.69) is 63.4 Å². The average Bonchev–Trinajstić information content (AvgIpc) is 2.61. The molecular formula is C23H28. The molecule has 0 spiro atoms. The molecule has 0 saturated heterocycles. The summed E-state index contributed by atoms with van der Waals surface area (Å²) in [6.07, 6.45) is 9.94. The molecule has 0 bridgehead atoms. The molecule has 0 atom stereocenters. The lowest BCUT2D eigenvalue weighted by Gasteiger charge is -2.13. The summed E-state index contributed by atoms with van der Waals surface area (Å²) in [6.45, 7) is 12.4. The van der Waals surface area contributed by atoms with Gasteiger partial charge in [-0.05, 0) is 52.6 Å². The summed E-state index contributed by atoms with van der Waals surface area (Å²) >= 11 is 0. The molecule has 0 aliphatic heterocycles. The normalized spacial score (nSPS) is 10.5. The van der Waals surface area contributed by atoms with Gasteiger partial charge in [-0.1, -0.05) is 88.4 Å². The number of benzene rings is 2. The van der Waals surface area contributed by atoms with E-state index in [0.29, 0.717) is 0 Å². The molecule has 0 heterocycles. The Kier molecular flexibility index (Phi) is 6.40. The van der Waals surface area contributed by atoms with Crippen LogP contribution in [-0.4, -0.2) is 0 Å². The molecule has 2 aromatic carbocycles. The van der Waals surface area contributed by atoms with Crippen LogP contribution in [0, 0.1) is 0 Å². The molecule has 23 heavy (non-hydrogen) atoms. The molecule has 0 aliphatic rings. The van der Waals surface area contributed by atoms with Crippen molar-refractivity contribution in [1.29, 1.82) is 0 Å². The number of hydrogen-bond acceptors (Lipinski definition) is 0. The van der Waals surface area contributed by atoms with E-state index in [4.69, 9.17) is 0 Å². The zero-order valence-corrected chi connectivity index (χ0v) is 14.6. The highest BCUT2D eigenvalue weighted by molar-refractivity contribution is 5.81. The predicted molar refractivity (Wildman–Crippen MR) is 105 cm³/mol. The first-order valence-corrected chi connectivity index (χ1v) is 8.74. The first kappa shape index (κ1) is 17.3.